The highest BCUT2D eigenvalue weighted by atomic mass is 32.2. The Hall–Kier alpha value is -2.36. The Morgan fingerprint density at radius 2 is 2.04 bits per heavy atom. The van der Waals surface area contributed by atoms with E-state index in [4.69, 9.17) is 9.72 Å². The van der Waals surface area contributed by atoms with Gasteiger partial charge in [-0.3, -0.25) is 0 Å². The molecular weight excluding hydrogens is 383 g/mol. The summed E-state index contributed by atoms with van der Waals surface area (Å²) in [6.45, 7) is 1.83. The van der Waals surface area contributed by atoms with E-state index in [1.54, 1.807) is 13.3 Å². The number of pyridine rings is 1. The van der Waals surface area contributed by atoms with E-state index in [1.165, 1.54) is 16.4 Å². The first-order chi connectivity index (χ1) is 13.5. The van der Waals surface area contributed by atoms with Gasteiger partial charge >= 0.3 is 0 Å². The van der Waals surface area contributed by atoms with Gasteiger partial charge in [0, 0.05) is 38.9 Å². The molecule has 3 heterocycles. The van der Waals surface area contributed by atoms with Crippen molar-refractivity contribution < 1.29 is 17.5 Å². The van der Waals surface area contributed by atoms with Crippen LogP contribution < -0.4 is 0 Å². The summed E-state index contributed by atoms with van der Waals surface area (Å²) in [6, 6.07) is 8.66. The molecule has 4 rings (SSSR count). The quantitative estimate of drug-likeness (QED) is 0.631. The Morgan fingerprint density at radius 1 is 1.25 bits per heavy atom. The van der Waals surface area contributed by atoms with Crippen LogP contribution in [0.1, 0.15) is 18.2 Å². The number of aromatic nitrogens is 3. The minimum atomic E-state index is -3.67. The summed E-state index contributed by atoms with van der Waals surface area (Å²) in [5, 5.41) is 0. The molecule has 1 aliphatic heterocycles. The molecule has 0 amide bonds. The molecule has 28 heavy (non-hydrogen) atoms. The van der Waals surface area contributed by atoms with Gasteiger partial charge in [0.1, 0.15) is 17.2 Å². The van der Waals surface area contributed by atoms with Crippen LogP contribution in [0.5, 0.6) is 0 Å². The Bertz CT molecular complexity index is 1080. The molecule has 0 saturated carbocycles. The lowest BCUT2D eigenvalue weighted by Gasteiger charge is -2.17. The van der Waals surface area contributed by atoms with Gasteiger partial charge in [0.25, 0.3) is 0 Å². The normalized spacial score (nSPS) is 18.1. The van der Waals surface area contributed by atoms with Gasteiger partial charge < -0.3 is 9.30 Å². The molecule has 0 N–H and O–H groups in total. The van der Waals surface area contributed by atoms with Crippen LogP contribution in [0.3, 0.4) is 0 Å². The van der Waals surface area contributed by atoms with Gasteiger partial charge in [-0.25, -0.2) is 22.8 Å². The van der Waals surface area contributed by atoms with Crippen molar-refractivity contribution >= 4 is 21.2 Å². The lowest BCUT2D eigenvalue weighted by molar-refractivity contribution is 0.187. The third kappa shape index (κ3) is 3.41. The fourth-order valence-electron chi connectivity index (χ4n) is 3.60. The van der Waals surface area contributed by atoms with Crippen molar-refractivity contribution in [3.05, 3.63) is 54.2 Å². The van der Waals surface area contributed by atoms with Gasteiger partial charge in [0.15, 0.2) is 5.65 Å². The van der Waals surface area contributed by atoms with Gasteiger partial charge in [-0.15, -0.1) is 0 Å². The van der Waals surface area contributed by atoms with Crippen molar-refractivity contribution in [2.45, 2.75) is 23.8 Å². The summed E-state index contributed by atoms with van der Waals surface area (Å²) in [6.07, 6.45) is 2.38. The molecule has 2 aromatic heterocycles. The molecule has 1 fully saturated rings. The summed E-state index contributed by atoms with van der Waals surface area (Å²) in [4.78, 5) is 9.25. The minimum absolute atomic E-state index is 0.0405. The Balaban J connectivity index is 1.63. The zero-order valence-electron chi connectivity index (χ0n) is 15.5. The average Bonchev–Trinajstić information content (AvgIpc) is 3.32. The molecule has 1 unspecified atom stereocenters. The molecule has 148 valence electrons. The fourth-order valence-corrected chi connectivity index (χ4v) is 5.10. The van der Waals surface area contributed by atoms with Gasteiger partial charge in [-0.2, -0.15) is 4.31 Å². The summed E-state index contributed by atoms with van der Waals surface area (Å²) in [7, 11) is -2.03. The van der Waals surface area contributed by atoms with E-state index >= 15 is 0 Å². The molecule has 1 saturated heterocycles. The Morgan fingerprint density at radius 3 is 2.79 bits per heavy atom. The van der Waals surface area contributed by atoms with Gasteiger partial charge in [-0.05, 0) is 42.8 Å². The van der Waals surface area contributed by atoms with Crippen molar-refractivity contribution in [2.24, 2.45) is 0 Å². The van der Waals surface area contributed by atoms with E-state index < -0.39 is 15.8 Å². The third-order valence-electron chi connectivity index (χ3n) is 5.02. The summed E-state index contributed by atoms with van der Waals surface area (Å²) >= 11 is 0. The highest BCUT2D eigenvalue weighted by Gasteiger charge is 2.35. The molecule has 0 radical (unpaired) electrons. The number of methoxy groups -OCH3 is 1. The third-order valence-corrected chi connectivity index (χ3v) is 6.90. The van der Waals surface area contributed by atoms with Crippen molar-refractivity contribution in [1.29, 1.82) is 0 Å². The molecule has 9 heteroatoms. The number of halogens is 1. The van der Waals surface area contributed by atoms with Crippen LogP contribution in [0.2, 0.25) is 0 Å². The smallest absolute Gasteiger partial charge is 0.243 e. The van der Waals surface area contributed by atoms with Crippen LogP contribution in [0.25, 0.3) is 11.2 Å². The van der Waals surface area contributed by atoms with Crippen LogP contribution in [-0.4, -0.2) is 54.1 Å². The molecule has 0 bridgehead atoms. The second-order valence-corrected chi connectivity index (χ2v) is 8.70. The molecule has 3 aromatic rings. The lowest BCUT2D eigenvalue weighted by Crippen LogP contribution is -2.29. The maximum Gasteiger partial charge on any atom is 0.243 e. The second-order valence-electron chi connectivity index (χ2n) is 6.76. The number of ether oxygens (including phenoxy) is 1. The van der Waals surface area contributed by atoms with Crippen molar-refractivity contribution in [3.8, 4) is 0 Å². The maximum absolute atomic E-state index is 13.1. The highest BCUT2D eigenvalue weighted by molar-refractivity contribution is 7.89. The number of nitrogens with zero attached hydrogens (tertiary/aromatic N) is 4. The number of hydrogen-bond donors (Lipinski definition) is 0. The van der Waals surface area contributed by atoms with Gasteiger partial charge in [0.05, 0.1) is 11.5 Å². The SMILES string of the molecule is COCCn1c(C2CCN(S(=O)(=O)c3ccc(F)cc3)C2)nc2cccnc21. The first kappa shape index (κ1) is 19.0. The van der Waals surface area contributed by atoms with Crippen molar-refractivity contribution in [2.75, 3.05) is 26.8 Å². The topological polar surface area (TPSA) is 77.3 Å². The predicted molar refractivity (Wildman–Crippen MR) is 102 cm³/mol. The van der Waals surface area contributed by atoms with Crippen LogP contribution in [-0.2, 0) is 21.3 Å². The first-order valence-corrected chi connectivity index (χ1v) is 10.5. The highest BCUT2D eigenvalue weighted by Crippen LogP contribution is 2.32. The maximum atomic E-state index is 13.1. The molecule has 1 aromatic carbocycles. The molecule has 0 spiro atoms. The number of imidazole rings is 1. The largest absolute Gasteiger partial charge is 0.383 e. The molecule has 1 aliphatic rings. The Labute approximate surface area is 162 Å². The second kappa shape index (κ2) is 7.57. The number of rotatable bonds is 6. The summed E-state index contributed by atoms with van der Waals surface area (Å²) in [5.41, 5.74) is 1.56. The zero-order valence-corrected chi connectivity index (χ0v) is 16.3. The fraction of sp³-hybridized carbons (Fsp3) is 0.368. The molecule has 1 atom stereocenters. The number of sulfonamides is 1. The van der Waals surface area contributed by atoms with E-state index in [2.05, 4.69) is 4.98 Å². The van der Waals surface area contributed by atoms with Crippen molar-refractivity contribution in [3.63, 3.8) is 0 Å². The number of fused-ring (bicyclic) bond motifs is 1. The summed E-state index contributed by atoms with van der Waals surface area (Å²) < 4.78 is 47.6. The monoisotopic (exact) mass is 404 g/mol. The van der Waals surface area contributed by atoms with Crippen LogP contribution in [0, 0.1) is 5.82 Å². The van der Waals surface area contributed by atoms with E-state index in [0.29, 0.717) is 32.7 Å². The molecule has 0 aliphatic carbocycles. The number of hydrogen-bond acceptors (Lipinski definition) is 5. The molecule has 7 nitrogen and oxygen atoms in total. The van der Waals surface area contributed by atoms with Crippen LogP contribution in [0.4, 0.5) is 4.39 Å². The van der Waals surface area contributed by atoms with E-state index in [-0.39, 0.29) is 10.8 Å². The first-order valence-electron chi connectivity index (χ1n) is 9.06. The van der Waals surface area contributed by atoms with E-state index in [1.807, 2.05) is 16.7 Å². The van der Waals surface area contributed by atoms with Crippen molar-refractivity contribution in [1.82, 2.24) is 18.8 Å². The Kier molecular flexibility index (Phi) is 5.13. The average molecular weight is 404 g/mol. The van der Waals surface area contributed by atoms with Gasteiger partial charge in [0.2, 0.25) is 10.0 Å². The van der Waals surface area contributed by atoms with E-state index in [9.17, 15) is 12.8 Å². The number of benzene rings is 1. The predicted octanol–water partition coefficient (Wildman–Crippen LogP) is 2.40. The lowest BCUT2D eigenvalue weighted by atomic mass is 10.1. The standard InChI is InChI=1S/C19H21FN4O3S/c1-27-12-11-24-18(22-17-3-2-9-21-19(17)24)14-8-10-23(13-14)28(25,26)16-6-4-15(20)5-7-16/h2-7,9,14H,8,10-13H2,1H3. The van der Waals surface area contributed by atoms with E-state index in [0.717, 1.165) is 29.1 Å². The zero-order chi connectivity index (χ0) is 19.7. The van der Waals surface area contributed by atoms with Crippen LogP contribution in [0.15, 0.2) is 47.5 Å². The molecular formula is C19H21FN4O3S. The van der Waals surface area contributed by atoms with Gasteiger partial charge in [-0.1, -0.05) is 0 Å². The summed E-state index contributed by atoms with van der Waals surface area (Å²) in [5.74, 6) is 0.321. The minimum Gasteiger partial charge on any atom is -0.383 e. The van der Waals surface area contributed by atoms with Crippen LogP contribution >= 0.6 is 0 Å².